The molecule has 2 aromatic rings. The maximum Gasteiger partial charge on any atom is 0.329 e. The summed E-state index contributed by atoms with van der Waals surface area (Å²) in [6, 6.07) is 4.36. The Morgan fingerprint density at radius 2 is 2.04 bits per heavy atom. The number of hydrogen-bond acceptors (Lipinski definition) is 4. The van der Waals surface area contributed by atoms with Gasteiger partial charge in [-0.25, -0.2) is 4.79 Å². The van der Waals surface area contributed by atoms with Crippen molar-refractivity contribution < 1.29 is 14.4 Å². The topological polar surface area (TPSA) is 90.2 Å². The van der Waals surface area contributed by atoms with Gasteiger partial charge in [0.25, 0.3) is 0 Å². The van der Waals surface area contributed by atoms with Crippen LogP contribution in [-0.4, -0.2) is 26.7 Å². The molecule has 7 heteroatoms. The van der Waals surface area contributed by atoms with E-state index in [0.717, 1.165) is 0 Å². The van der Waals surface area contributed by atoms with Crippen LogP contribution in [0.1, 0.15) is 42.6 Å². The molecule has 2 heterocycles. The van der Waals surface area contributed by atoms with Gasteiger partial charge in [0.1, 0.15) is 6.04 Å². The fourth-order valence-electron chi connectivity index (χ4n) is 3.08. The summed E-state index contributed by atoms with van der Waals surface area (Å²) in [4.78, 5) is 48.2. The molecular weight excluding hydrogens is 298 g/mol. The number of piperidine rings is 1. The number of rotatable bonds is 3. The van der Waals surface area contributed by atoms with Crippen molar-refractivity contribution in [3.8, 4) is 0 Å². The summed E-state index contributed by atoms with van der Waals surface area (Å²) in [6.07, 6.45) is 0.791. The third-order valence-corrected chi connectivity index (χ3v) is 4.25. The Labute approximate surface area is 131 Å². The SMILES string of the molecule is CCC(=O)c1cccc2c1n(C)c(=O)n2C1CCC(=O)NC1=O. The van der Waals surface area contributed by atoms with Crippen LogP contribution in [0.5, 0.6) is 0 Å². The van der Waals surface area contributed by atoms with Crippen molar-refractivity contribution in [2.24, 2.45) is 7.05 Å². The molecule has 1 aromatic heterocycles. The molecule has 120 valence electrons. The number of fused-ring (bicyclic) bond motifs is 1. The van der Waals surface area contributed by atoms with E-state index < -0.39 is 11.9 Å². The van der Waals surface area contributed by atoms with Crippen molar-refractivity contribution in [3.05, 3.63) is 34.2 Å². The van der Waals surface area contributed by atoms with Crippen LogP contribution >= 0.6 is 0 Å². The highest BCUT2D eigenvalue weighted by molar-refractivity contribution is 6.06. The summed E-state index contributed by atoms with van der Waals surface area (Å²) >= 11 is 0. The minimum absolute atomic E-state index is 0.0633. The smallest absolute Gasteiger partial charge is 0.295 e. The molecule has 1 aromatic carbocycles. The molecule has 1 fully saturated rings. The summed E-state index contributed by atoms with van der Waals surface area (Å²) in [5, 5.41) is 2.26. The lowest BCUT2D eigenvalue weighted by atomic mass is 10.0. The van der Waals surface area contributed by atoms with E-state index in [9.17, 15) is 19.2 Å². The van der Waals surface area contributed by atoms with E-state index in [0.29, 0.717) is 23.0 Å². The Bertz CT molecular complexity index is 891. The van der Waals surface area contributed by atoms with Gasteiger partial charge in [-0.05, 0) is 18.6 Å². The number of aromatic nitrogens is 2. The van der Waals surface area contributed by atoms with Crippen molar-refractivity contribution in [1.82, 2.24) is 14.5 Å². The maximum atomic E-state index is 12.6. The Morgan fingerprint density at radius 3 is 2.70 bits per heavy atom. The monoisotopic (exact) mass is 315 g/mol. The molecule has 0 radical (unpaired) electrons. The molecule has 7 nitrogen and oxygen atoms in total. The maximum absolute atomic E-state index is 12.6. The quantitative estimate of drug-likeness (QED) is 0.673. The number of aryl methyl sites for hydroxylation is 1. The van der Waals surface area contributed by atoms with Gasteiger partial charge in [0.15, 0.2) is 5.78 Å². The van der Waals surface area contributed by atoms with E-state index >= 15 is 0 Å². The normalized spacial score (nSPS) is 18.3. The van der Waals surface area contributed by atoms with Gasteiger partial charge in [0, 0.05) is 25.5 Å². The van der Waals surface area contributed by atoms with Crippen molar-refractivity contribution in [2.45, 2.75) is 32.2 Å². The molecule has 23 heavy (non-hydrogen) atoms. The van der Waals surface area contributed by atoms with Gasteiger partial charge >= 0.3 is 5.69 Å². The van der Waals surface area contributed by atoms with Crippen LogP contribution in [0.4, 0.5) is 0 Å². The van der Waals surface area contributed by atoms with Gasteiger partial charge in [-0.1, -0.05) is 13.0 Å². The molecule has 0 aliphatic carbocycles. The number of nitrogens with one attached hydrogen (secondary N) is 1. The zero-order chi connectivity index (χ0) is 16.7. The second-order valence-electron chi connectivity index (χ2n) is 5.63. The summed E-state index contributed by atoms with van der Waals surface area (Å²) in [7, 11) is 1.58. The van der Waals surface area contributed by atoms with E-state index in [4.69, 9.17) is 0 Å². The Hall–Kier alpha value is -2.70. The van der Waals surface area contributed by atoms with Crippen molar-refractivity contribution in [3.63, 3.8) is 0 Å². The average molecular weight is 315 g/mol. The Balaban J connectivity index is 2.25. The van der Waals surface area contributed by atoms with Gasteiger partial charge in [-0.3, -0.25) is 28.8 Å². The molecule has 1 atom stereocenters. The fraction of sp³-hybridized carbons (Fsp3) is 0.375. The minimum Gasteiger partial charge on any atom is -0.295 e. The molecule has 1 aliphatic rings. The number of imidazole rings is 1. The van der Waals surface area contributed by atoms with Crippen LogP contribution < -0.4 is 11.0 Å². The van der Waals surface area contributed by atoms with Gasteiger partial charge < -0.3 is 0 Å². The lowest BCUT2D eigenvalue weighted by Crippen LogP contribution is -2.44. The first-order chi connectivity index (χ1) is 11.0. The van der Waals surface area contributed by atoms with Crippen LogP contribution in [0.2, 0.25) is 0 Å². The lowest BCUT2D eigenvalue weighted by Gasteiger charge is -2.21. The van der Waals surface area contributed by atoms with Crippen LogP contribution in [0.25, 0.3) is 11.0 Å². The predicted octanol–water partition coefficient (Wildman–Crippen LogP) is 0.910. The zero-order valence-corrected chi connectivity index (χ0v) is 13.0. The fourth-order valence-corrected chi connectivity index (χ4v) is 3.08. The largest absolute Gasteiger partial charge is 0.329 e. The van der Waals surface area contributed by atoms with E-state index in [1.165, 1.54) is 9.13 Å². The minimum atomic E-state index is -0.740. The number of ketones is 1. The third kappa shape index (κ3) is 2.28. The summed E-state index contributed by atoms with van der Waals surface area (Å²) in [5.74, 6) is -0.879. The number of benzene rings is 1. The van der Waals surface area contributed by atoms with Gasteiger partial charge in [-0.2, -0.15) is 0 Å². The first kappa shape index (κ1) is 15.2. The highest BCUT2D eigenvalue weighted by Crippen LogP contribution is 2.25. The second kappa shape index (κ2) is 5.49. The molecule has 1 saturated heterocycles. The number of carbonyl (C=O) groups is 3. The molecule has 0 saturated carbocycles. The van der Waals surface area contributed by atoms with Crippen LogP contribution in [-0.2, 0) is 16.6 Å². The average Bonchev–Trinajstić information content (AvgIpc) is 2.79. The second-order valence-corrected chi connectivity index (χ2v) is 5.63. The Kier molecular flexibility index (Phi) is 3.63. The molecule has 3 rings (SSSR count). The van der Waals surface area contributed by atoms with Crippen LogP contribution in [0.3, 0.4) is 0 Å². The van der Waals surface area contributed by atoms with Crippen LogP contribution in [0.15, 0.2) is 23.0 Å². The van der Waals surface area contributed by atoms with E-state index in [-0.39, 0.29) is 30.2 Å². The molecule has 2 amide bonds. The molecule has 0 spiro atoms. The van der Waals surface area contributed by atoms with Crippen molar-refractivity contribution >= 4 is 28.6 Å². The van der Waals surface area contributed by atoms with Crippen molar-refractivity contribution in [2.75, 3.05) is 0 Å². The molecule has 0 bridgehead atoms. The summed E-state index contributed by atoms with van der Waals surface area (Å²) < 4.78 is 2.77. The molecule has 1 unspecified atom stereocenters. The number of imide groups is 1. The highest BCUT2D eigenvalue weighted by Gasteiger charge is 2.31. The van der Waals surface area contributed by atoms with Gasteiger partial charge in [-0.15, -0.1) is 0 Å². The number of carbonyl (C=O) groups excluding carboxylic acids is 3. The molecular formula is C16H17N3O4. The van der Waals surface area contributed by atoms with Gasteiger partial charge in [0.05, 0.1) is 11.0 Å². The van der Waals surface area contributed by atoms with Crippen molar-refractivity contribution in [1.29, 1.82) is 0 Å². The molecule has 1 aliphatic heterocycles. The molecule has 1 N–H and O–H groups in total. The number of amides is 2. The number of Topliss-reactive ketones (excluding diaryl/α,β-unsaturated/α-hetero) is 1. The highest BCUT2D eigenvalue weighted by atomic mass is 16.2. The summed E-state index contributed by atoms with van der Waals surface area (Å²) in [6.45, 7) is 1.76. The zero-order valence-electron chi connectivity index (χ0n) is 13.0. The number of para-hydroxylation sites is 1. The summed E-state index contributed by atoms with van der Waals surface area (Å²) in [5.41, 5.74) is 1.15. The number of hydrogen-bond donors (Lipinski definition) is 1. The van der Waals surface area contributed by atoms with Gasteiger partial charge in [0.2, 0.25) is 11.8 Å². The lowest BCUT2D eigenvalue weighted by molar-refractivity contribution is -0.135. The van der Waals surface area contributed by atoms with Crippen LogP contribution in [0, 0.1) is 0 Å². The third-order valence-electron chi connectivity index (χ3n) is 4.25. The van der Waals surface area contributed by atoms with E-state index in [1.54, 1.807) is 32.2 Å². The predicted molar refractivity (Wildman–Crippen MR) is 83.2 cm³/mol. The van der Waals surface area contributed by atoms with E-state index in [1.807, 2.05) is 0 Å². The number of nitrogens with zero attached hydrogens (tertiary/aromatic N) is 2. The van der Waals surface area contributed by atoms with E-state index in [2.05, 4.69) is 5.32 Å². The first-order valence-corrected chi connectivity index (χ1v) is 7.52. The first-order valence-electron chi connectivity index (χ1n) is 7.52. The standard InChI is InChI=1S/C16H17N3O4/c1-3-12(20)9-5-4-6-10-14(9)18(2)16(23)19(10)11-7-8-13(21)17-15(11)22/h4-6,11H,3,7-8H2,1-2H3,(H,17,21,22). The Morgan fingerprint density at radius 1 is 1.30 bits per heavy atom.